The first-order valence-electron chi connectivity index (χ1n) is 4.94. The highest BCUT2D eigenvalue weighted by Crippen LogP contribution is 2.11. The predicted octanol–water partition coefficient (Wildman–Crippen LogP) is 3.60. The second-order valence-electron chi connectivity index (χ2n) is 3.04. The molecule has 0 aliphatic heterocycles. The fraction of sp³-hybridized carbons (Fsp3) is 0.727. The number of allylic oxidation sites excluding steroid dienone is 2. The van der Waals surface area contributed by atoms with Crippen LogP contribution in [-0.4, -0.2) is 12.8 Å². The van der Waals surface area contributed by atoms with E-state index in [0.29, 0.717) is 0 Å². The highest BCUT2D eigenvalue weighted by Gasteiger charge is 1.95. The third-order valence-electron chi connectivity index (χ3n) is 1.98. The van der Waals surface area contributed by atoms with Crippen molar-refractivity contribution in [3.8, 4) is 0 Å². The van der Waals surface area contributed by atoms with Crippen molar-refractivity contribution < 1.29 is 0 Å². The van der Waals surface area contributed by atoms with E-state index in [9.17, 15) is 0 Å². The molecule has 0 saturated heterocycles. The maximum atomic E-state index is 4.26. The molecule has 12 heavy (non-hydrogen) atoms. The molecule has 0 aromatic rings. The largest absolute Gasteiger partial charge is 0.293 e. The summed E-state index contributed by atoms with van der Waals surface area (Å²) in [6.45, 7) is 9.58. The summed E-state index contributed by atoms with van der Waals surface area (Å²) in [5, 5.41) is 0. The zero-order valence-electron chi connectivity index (χ0n) is 8.85. The molecule has 0 rings (SSSR count). The van der Waals surface area contributed by atoms with Gasteiger partial charge in [-0.05, 0) is 32.3 Å². The predicted molar refractivity (Wildman–Crippen MR) is 56.9 cm³/mol. The molecule has 0 atom stereocenters. The van der Waals surface area contributed by atoms with Gasteiger partial charge in [-0.2, -0.15) is 0 Å². The molecule has 0 aromatic carbocycles. The van der Waals surface area contributed by atoms with Gasteiger partial charge in [0.2, 0.25) is 0 Å². The summed E-state index contributed by atoms with van der Waals surface area (Å²) in [7, 11) is 0. The Bertz CT molecular complexity index is 166. The van der Waals surface area contributed by atoms with Gasteiger partial charge in [0.1, 0.15) is 0 Å². The van der Waals surface area contributed by atoms with Gasteiger partial charge in [0.05, 0.1) is 0 Å². The summed E-state index contributed by atoms with van der Waals surface area (Å²) in [5.74, 6) is 0. The molecule has 0 aromatic heterocycles. The molecule has 0 aliphatic carbocycles. The zero-order chi connectivity index (χ0) is 9.40. The van der Waals surface area contributed by atoms with E-state index in [2.05, 4.69) is 32.7 Å². The Morgan fingerprint density at radius 2 is 1.92 bits per heavy atom. The van der Waals surface area contributed by atoms with Crippen molar-refractivity contribution >= 4 is 6.21 Å². The van der Waals surface area contributed by atoms with Crippen LogP contribution in [-0.2, 0) is 0 Å². The SMILES string of the molecule is CCC/C(C)=C(\C=NCC)CC. The minimum atomic E-state index is 0.892. The van der Waals surface area contributed by atoms with E-state index in [-0.39, 0.29) is 0 Å². The Morgan fingerprint density at radius 1 is 1.25 bits per heavy atom. The number of hydrogen-bond donors (Lipinski definition) is 0. The average molecular weight is 167 g/mol. The van der Waals surface area contributed by atoms with Crippen LogP contribution in [0.1, 0.15) is 47.0 Å². The highest BCUT2D eigenvalue weighted by atomic mass is 14.7. The van der Waals surface area contributed by atoms with Gasteiger partial charge in [0, 0.05) is 12.8 Å². The fourth-order valence-electron chi connectivity index (χ4n) is 1.24. The maximum absolute atomic E-state index is 4.26. The van der Waals surface area contributed by atoms with Gasteiger partial charge in [0.15, 0.2) is 0 Å². The second kappa shape index (κ2) is 7.08. The molecule has 0 radical (unpaired) electrons. The van der Waals surface area contributed by atoms with Crippen LogP contribution in [0.4, 0.5) is 0 Å². The first-order valence-corrected chi connectivity index (χ1v) is 4.94. The van der Waals surface area contributed by atoms with Crippen LogP contribution in [0.25, 0.3) is 0 Å². The lowest BCUT2D eigenvalue weighted by molar-refractivity contribution is 0.888. The van der Waals surface area contributed by atoms with E-state index in [4.69, 9.17) is 0 Å². The van der Waals surface area contributed by atoms with Crippen LogP contribution in [0.15, 0.2) is 16.1 Å². The molecular weight excluding hydrogens is 146 g/mol. The third kappa shape index (κ3) is 4.32. The topological polar surface area (TPSA) is 12.4 Å². The van der Waals surface area contributed by atoms with Gasteiger partial charge in [0.25, 0.3) is 0 Å². The standard InChI is InChI=1S/C11H21N/c1-5-8-10(4)11(6-2)9-12-7-3/h9H,5-8H2,1-4H3/b11-10-,12-9?. The molecule has 70 valence electrons. The quantitative estimate of drug-likeness (QED) is 0.555. The molecule has 0 unspecified atom stereocenters. The van der Waals surface area contributed by atoms with Crippen molar-refractivity contribution in [3.63, 3.8) is 0 Å². The molecule has 0 amide bonds. The molecule has 1 nitrogen and oxygen atoms in total. The minimum absolute atomic E-state index is 0.892. The van der Waals surface area contributed by atoms with E-state index in [1.54, 1.807) is 0 Å². The first-order chi connectivity index (χ1) is 5.76. The van der Waals surface area contributed by atoms with Gasteiger partial charge in [-0.15, -0.1) is 0 Å². The lowest BCUT2D eigenvalue weighted by Gasteiger charge is -2.03. The summed E-state index contributed by atoms with van der Waals surface area (Å²) in [6, 6.07) is 0. The van der Waals surface area contributed by atoms with Gasteiger partial charge in [-0.25, -0.2) is 0 Å². The van der Waals surface area contributed by atoms with Gasteiger partial charge >= 0.3 is 0 Å². The first kappa shape index (κ1) is 11.4. The van der Waals surface area contributed by atoms with Crippen molar-refractivity contribution in [2.24, 2.45) is 4.99 Å². The lowest BCUT2D eigenvalue weighted by Crippen LogP contribution is -1.90. The lowest BCUT2D eigenvalue weighted by atomic mass is 10.0. The van der Waals surface area contributed by atoms with Crippen LogP contribution in [0.5, 0.6) is 0 Å². The molecule has 0 fully saturated rings. The van der Waals surface area contributed by atoms with E-state index in [1.165, 1.54) is 24.0 Å². The number of hydrogen-bond acceptors (Lipinski definition) is 1. The molecule has 0 N–H and O–H groups in total. The van der Waals surface area contributed by atoms with E-state index < -0.39 is 0 Å². The normalized spacial score (nSPS) is 13.7. The maximum Gasteiger partial charge on any atom is 0.0361 e. The summed E-state index contributed by atoms with van der Waals surface area (Å²) in [4.78, 5) is 4.26. The van der Waals surface area contributed by atoms with Gasteiger partial charge < -0.3 is 0 Å². The summed E-state index contributed by atoms with van der Waals surface area (Å²) in [5.41, 5.74) is 2.91. The third-order valence-corrected chi connectivity index (χ3v) is 1.98. The van der Waals surface area contributed by atoms with Gasteiger partial charge in [-0.1, -0.05) is 25.8 Å². The molecule has 1 heteroatoms. The molecule has 0 heterocycles. The highest BCUT2D eigenvalue weighted by molar-refractivity contribution is 5.79. The monoisotopic (exact) mass is 167 g/mol. The number of nitrogens with zero attached hydrogens (tertiary/aromatic N) is 1. The second-order valence-corrected chi connectivity index (χ2v) is 3.04. The molecule has 0 saturated carbocycles. The van der Waals surface area contributed by atoms with Crippen LogP contribution >= 0.6 is 0 Å². The Labute approximate surface area is 76.6 Å². The minimum Gasteiger partial charge on any atom is -0.293 e. The van der Waals surface area contributed by atoms with Crippen LogP contribution in [0.2, 0.25) is 0 Å². The Kier molecular flexibility index (Phi) is 6.73. The van der Waals surface area contributed by atoms with E-state index >= 15 is 0 Å². The van der Waals surface area contributed by atoms with Crippen molar-refractivity contribution in [2.75, 3.05) is 6.54 Å². The van der Waals surface area contributed by atoms with Crippen LogP contribution < -0.4 is 0 Å². The fourth-order valence-corrected chi connectivity index (χ4v) is 1.24. The number of rotatable bonds is 5. The average Bonchev–Trinajstić information content (AvgIpc) is 2.06. The Morgan fingerprint density at radius 3 is 2.33 bits per heavy atom. The zero-order valence-corrected chi connectivity index (χ0v) is 8.85. The van der Waals surface area contributed by atoms with Crippen molar-refractivity contribution in [3.05, 3.63) is 11.1 Å². The molecule has 0 bridgehead atoms. The van der Waals surface area contributed by atoms with Gasteiger partial charge in [-0.3, -0.25) is 4.99 Å². The summed E-state index contributed by atoms with van der Waals surface area (Å²) < 4.78 is 0. The number of aliphatic imine (C=N–C) groups is 1. The summed E-state index contributed by atoms with van der Waals surface area (Å²) >= 11 is 0. The van der Waals surface area contributed by atoms with Crippen molar-refractivity contribution in [1.29, 1.82) is 0 Å². The van der Waals surface area contributed by atoms with E-state index in [0.717, 1.165) is 13.0 Å². The van der Waals surface area contributed by atoms with E-state index in [1.807, 2.05) is 6.21 Å². The van der Waals surface area contributed by atoms with Crippen LogP contribution in [0, 0.1) is 0 Å². The Balaban J connectivity index is 4.27. The Hall–Kier alpha value is -0.590. The smallest absolute Gasteiger partial charge is 0.0361 e. The summed E-state index contributed by atoms with van der Waals surface area (Å²) in [6.07, 6.45) is 5.58. The van der Waals surface area contributed by atoms with Crippen molar-refractivity contribution in [2.45, 2.75) is 47.0 Å². The van der Waals surface area contributed by atoms with Crippen LogP contribution in [0.3, 0.4) is 0 Å². The molecule has 0 spiro atoms. The molecular formula is C11H21N. The molecule has 0 aliphatic rings. The van der Waals surface area contributed by atoms with Crippen molar-refractivity contribution in [1.82, 2.24) is 0 Å².